The fourth-order valence-electron chi connectivity index (χ4n) is 2.21. The third-order valence-corrected chi connectivity index (χ3v) is 3.42. The number of amides is 2. The number of nitrogens with zero attached hydrogens (tertiary/aromatic N) is 1. The zero-order chi connectivity index (χ0) is 14.6. The highest BCUT2D eigenvalue weighted by atomic mass is 16.4. The Hall–Kier alpha value is -1.26. The first-order chi connectivity index (χ1) is 8.80. The van der Waals surface area contributed by atoms with Crippen LogP contribution in [0.25, 0.3) is 0 Å². The third kappa shape index (κ3) is 4.40. The van der Waals surface area contributed by atoms with Crippen LogP contribution in [0.15, 0.2) is 0 Å². The smallest absolute Gasteiger partial charge is 0.329 e. The van der Waals surface area contributed by atoms with Crippen LogP contribution in [0.2, 0.25) is 0 Å². The molecular weight excluding hydrogens is 244 g/mol. The van der Waals surface area contributed by atoms with E-state index >= 15 is 0 Å². The zero-order valence-corrected chi connectivity index (χ0v) is 12.4. The second kappa shape index (κ2) is 6.26. The molecule has 1 atom stereocenters. The Morgan fingerprint density at radius 3 is 2.37 bits per heavy atom. The molecule has 0 aromatic heterocycles. The number of carboxylic acids is 1. The summed E-state index contributed by atoms with van der Waals surface area (Å²) in [5, 5.41) is 12.0. The fraction of sp³-hybridized carbons (Fsp3) is 0.857. The predicted octanol–water partition coefficient (Wildman–Crippen LogP) is 2.46. The van der Waals surface area contributed by atoms with Gasteiger partial charge in [0, 0.05) is 12.6 Å². The minimum absolute atomic E-state index is 0.241. The number of carbonyl (C=O) groups is 2. The number of carbonyl (C=O) groups excluding carboxylic acids is 1. The van der Waals surface area contributed by atoms with Gasteiger partial charge in [-0.3, -0.25) is 0 Å². The van der Waals surface area contributed by atoms with Gasteiger partial charge in [0.1, 0.15) is 5.54 Å². The van der Waals surface area contributed by atoms with E-state index in [-0.39, 0.29) is 6.03 Å². The van der Waals surface area contributed by atoms with E-state index in [1.165, 1.54) is 0 Å². The number of hydrogen-bond donors (Lipinski definition) is 2. The summed E-state index contributed by atoms with van der Waals surface area (Å²) in [7, 11) is 0. The molecule has 0 spiro atoms. The molecule has 1 unspecified atom stereocenters. The van der Waals surface area contributed by atoms with Crippen molar-refractivity contribution in [3.63, 3.8) is 0 Å². The molecular formula is C14H26N2O3. The standard InChI is InChI=1S/C14H26N2O3/c1-5-8-14(4,12(17)18)15-13(19)16(9-10(2)3)11-6-7-11/h10-11H,5-9H2,1-4H3,(H,15,19)(H,17,18). The zero-order valence-electron chi connectivity index (χ0n) is 12.4. The van der Waals surface area contributed by atoms with Crippen molar-refractivity contribution >= 4 is 12.0 Å². The highest BCUT2D eigenvalue weighted by Gasteiger charge is 2.39. The molecule has 0 aliphatic heterocycles. The molecule has 19 heavy (non-hydrogen) atoms. The Morgan fingerprint density at radius 2 is 2.00 bits per heavy atom. The van der Waals surface area contributed by atoms with E-state index in [0.717, 1.165) is 19.3 Å². The van der Waals surface area contributed by atoms with Crippen LogP contribution in [0.5, 0.6) is 0 Å². The molecule has 0 aromatic carbocycles. The van der Waals surface area contributed by atoms with Crippen LogP contribution in [0.4, 0.5) is 4.79 Å². The summed E-state index contributed by atoms with van der Waals surface area (Å²) < 4.78 is 0. The quantitative estimate of drug-likeness (QED) is 0.746. The summed E-state index contributed by atoms with van der Waals surface area (Å²) in [5.41, 5.74) is -1.17. The highest BCUT2D eigenvalue weighted by Crippen LogP contribution is 2.28. The largest absolute Gasteiger partial charge is 0.480 e. The third-order valence-electron chi connectivity index (χ3n) is 3.42. The Balaban J connectivity index is 2.71. The summed E-state index contributed by atoms with van der Waals surface area (Å²) >= 11 is 0. The fourth-order valence-corrected chi connectivity index (χ4v) is 2.21. The Kier molecular flexibility index (Phi) is 5.20. The molecule has 2 N–H and O–H groups in total. The van der Waals surface area contributed by atoms with Gasteiger partial charge in [-0.1, -0.05) is 27.2 Å². The van der Waals surface area contributed by atoms with E-state index < -0.39 is 11.5 Å². The van der Waals surface area contributed by atoms with Gasteiger partial charge in [0.15, 0.2) is 0 Å². The maximum atomic E-state index is 12.3. The van der Waals surface area contributed by atoms with Gasteiger partial charge in [-0.05, 0) is 32.1 Å². The molecule has 1 aliphatic rings. The molecule has 5 heteroatoms. The lowest BCUT2D eigenvalue weighted by molar-refractivity contribution is -0.144. The van der Waals surface area contributed by atoms with Crippen molar-refractivity contribution in [3.8, 4) is 0 Å². The van der Waals surface area contributed by atoms with Crippen LogP contribution in [0.1, 0.15) is 53.4 Å². The first-order valence-corrected chi connectivity index (χ1v) is 7.12. The van der Waals surface area contributed by atoms with Gasteiger partial charge in [-0.2, -0.15) is 0 Å². The van der Waals surface area contributed by atoms with Crippen molar-refractivity contribution in [2.45, 2.75) is 65.0 Å². The van der Waals surface area contributed by atoms with Gasteiger partial charge in [-0.15, -0.1) is 0 Å². The molecule has 1 rings (SSSR count). The molecule has 1 saturated carbocycles. The molecule has 1 aliphatic carbocycles. The number of rotatable bonds is 7. The van der Waals surface area contributed by atoms with Crippen molar-refractivity contribution in [2.24, 2.45) is 5.92 Å². The minimum Gasteiger partial charge on any atom is -0.480 e. The molecule has 110 valence electrons. The minimum atomic E-state index is -1.17. The molecule has 0 heterocycles. The van der Waals surface area contributed by atoms with E-state index in [9.17, 15) is 14.7 Å². The average molecular weight is 270 g/mol. The van der Waals surface area contributed by atoms with Gasteiger partial charge >= 0.3 is 12.0 Å². The van der Waals surface area contributed by atoms with E-state index in [4.69, 9.17) is 0 Å². The van der Waals surface area contributed by atoms with Crippen LogP contribution in [-0.4, -0.2) is 40.1 Å². The number of hydrogen-bond acceptors (Lipinski definition) is 2. The lowest BCUT2D eigenvalue weighted by Gasteiger charge is -2.31. The van der Waals surface area contributed by atoms with E-state index in [1.807, 2.05) is 6.92 Å². The lowest BCUT2D eigenvalue weighted by Crippen LogP contribution is -2.56. The van der Waals surface area contributed by atoms with Crippen LogP contribution >= 0.6 is 0 Å². The van der Waals surface area contributed by atoms with Crippen molar-refractivity contribution in [3.05, 3.63) is 0 Å². The van der Waals surface area contributed by atoms with Crippen LogP contribution < -0.4 is 5.32 Å². The summed E-state index contributed by atoms with van der Waals surface area (Å²) in [6, 6.07) is 0.0524. The highest BCUT2D eigenvalue weighted by molar-refractivity contribution is 5.86. The summed E-state index contributed by atoms with van der Waals surface area (Å²) in [6.45, 7) is 8.30. The normalized spacial score (nSPS) is 17.9. The monoisotopic (exact) mass is 270 g/mol. The summed E-state index contributed by atoms with van der Waals surface area (Å²) in [6.07, 6.45) is 3.21. The van der Waals surface area contributed by atoms with Crippen molar-refractivity contribution in [2.75, 3.05) is 6.54 Å². The Morgan fingerprint density at radius 1 is 1.42 bits per heavy atom. The Labute approximate surface area is 115 Å². The molecule has 1 fully saturated rings. The van der Waals surface area contributed by atoms with Crippen LogP contribution in [0, 0.1) is 5.92 Å². The first-order valence-electron chi connectivity index (χ1n) is 7.12. The van der Waals surface area contributed by atoms with Crippen molar-refractivity contribution < 1.29 is 14.7 Å². The van der Waals surface area contributed by atoms with E-state index in [0.29, 0.717) is 24.9 Å². The molecule has 0 saturated heterocycles. The van der Waals surface area contributed by atoms with Gasteiger partial charge < -0.3 is 15.3 Å². The molecule has 0 bridgehead atoms. The second-order valence-electron chi connectivity index (χ2n) is 6.09. The predicted molar refractivity (Wildman–Crippen MR) is 74.0 cm³/mol. The van der Waals surface area contributed by atoms with Gasteiger partial charge in [0.2, 0.25) is 0 Å². The summed E-state index contributed by atoms with van der Waals surface area (Å²) in [5.74, 6) is -0.586. The van der Waals surface area contributed by atoms with Crippen molar-refractivity contribution in [1.29, 1.82) is 0 Å². The van der Waals surface area contributed by atoms with Gasteiger partial charge in [0.05, 0.1) is 0 Å². The number of nitrogens with one attached hydrogen (secondary N) is 1. The SMILES string of the molecule is CCCC(C)(NC(=O)N(CC(C)C)C1CC1)C(=O)O. The van der Waals surface area contributed by atoms with E-state index in [2.05, 4.69) is 19.2 Å². The number of aliphatic carboxylic acids is 1. The van der Waals surface area contributed by atoms with Crippen LogP contribution in [0.3, 0.4) is 0 Å². The summed E-state index contributed by atoms with van der Waals surface area (Å²) in [4.78, 5) is 25.4. The van der Waals surface area contributed by atoms with Gasteiger partial charge in [0.25, 0.3) is 0 Å². The van der Waals surface area contributed by atoms with Gasteiger partial charge in [-0.25, -0.2) is 9.59 Å². The maximum absolute atomic E-state index is 12.3. The average Bonchev–Trinajstić information content (AvgIpc) is 3.09. The molecule has 5 nitrogen and oxygen atoms in total. The molecule has 0 aromatic rings. The first kappa shape index (κ1) is 15.8. The van der Waals surface area contributed by atoms with Crippen molar-refractivity contribution in [1.82, 2.24) is 10.2 Å². The Bertz CT molecular complexity index is 340. The number of urea groups is 1. The lowest BCUT2D eigenvalue weighted by atomic mass is 9.96. The maximum Gasteiger partial charge on any atom is 0.329 e. The number of carboxylic acid groups (broad SMARTS) is 1. The topological polar surface area (TPSA) is 69.6 Å². The van der Waals surface area contributed by atoms with E-state index in [1.54, 1.807) is 11.8 Å². The molecule has 0 radical (unpaired) electrons. The second-order valence-corrected chi connectivity index (χ2v) is 6.09. The molecule has 2 amide bonds. The van der Waals surface area contributed by atoms with Crippen LogP contribution in [-0.2, 0) is 4.79 Å².